The van der Waals surface area contributed by atoms with Gasteiger partial charge in [-0.3, -0.25) is 9.78 Å². The summed E-state index contributed by atoms with van der Waals surface area (Å²) in [4.78, 5) is 18.1. The van der Waals surface area contributed by atoms with Gasteiger partial charge in [-0.05, 0) is 67.0 Å². The minimum atomic E-state index is -3.59. The van der Waals surface area contributed by atoms with Gasteiger partial charge >= 0.3 is 0 Å². The lowest BCUT2D eigenvalue weighted by molar-refractivity contribution is -0.117. The van der Waals surface area contributed by atoms with Crippen LogP contribution in [0, 0.1) is 0 Å². The predicted octanol–water partition coefficient (Wildman–Crippen LogP) is 2.57. The SMILES string of the molecule is O=C1CCCN1c1cncc(CNS(=O)(=O)c2ccc3c(c2)CCCC3)c1. The van der Waals surface area contributed by atoms with Crippen molar-refractivity contribution in [2.75, 3.05) is 11.4 Å². The molecule has 0 unspecified atom stereocenters. The predicted molar refractivity (Wildman–Crippen MR) is 103 cm³/mol. The fourth-order valence-corrected chi connectivity index (χ4v) is 4.85. The van der Waals surface area contributed by atoms with Gasteiger partial charge in [0.15, 0.2) is 0 Å². The number of pyridine rings is 1. The first-order chi connectivity index (χ1) is 13.0. The molecule has 4 rings (SSSR count). The maximum Gasteiger partial charge on any atom is 0.240 e. The van der Waals surface area contributed by atoms with Crippen LogP contribution in [0.25, 0.3) is 0 Å². The maximum atomic E-state index is 12.7. The normalized spacial score (nSPS) is 17.2. The van der Waals surface area contributed by atoms with Gasteiger partial charge in [0.05, 0.1) is 16.8 Å². The standard InChI is InChI=1S/C20H23N3O3S/c24-20-6-3-9-23(20)18-10-15(12-21-14-18)13-22-27(25,26)19-8-7-16-4-1-2-5-17(16)11-19/h7-8,10-12,14,22H,1-6,9,13H2. The lowest BCUT2D eigenvalue weighted by Gasteiger charge is -2.17. The van der Waals surface area contributed by atoms with Crippen LogP contribution >= 0.6 is 0 Å². The fourth-order valence-electron chi connectivity index (χ4n) is 3.78. The van der Waals surface area contributed by atoms with Crippen LogP contribution in [0.2, 0.25) is 0 Å². The zero-order chi connectivity index (χ0) is 18.9. The van der Waals surface area contributed by atoms with E-state index in [1.165, 1.54) is 12.0 Å². The number of nitrogens with one attached hydrogen (secondary N) is 1. The second kappa shape index (κ2) is 7.40. The van der Waals surface area contributed by atoms with Crippen molar-refractivity contribution >= 4 is 21.6 Å². The van der Waals surface area contributed by atoms with Crippen molar-refractivity contribution in [1.82, 2.24) is 9.71 Å². The monoisotopic (exact) mass is 385 g/mol. The van der Waals surface area contributed by atoms with Crippen LogP contribution in [0.15, 0.2) is 41.6 Å². The van der Waals surface area contributed by atoms with E-state index in [4.69, 9.17) is 0 Å². The van der Waals surface area contributed by atoms with Crippen molar-refractivity contribution in [3.63, 3.8) is 0 Å². The van der Waals surface area contributed by atoms with E-state index >= 15 is 0 Å². The van der Waals surface area contributed by atoms with E-state index in [1.54, 1.807) is 29.4 Å². The van der Waals surface area contributed by atoms with Gasteiger partial charge in [-0.2, -0.15) is 0 Å². The Labute approximate surface area is 159 Å². The summed E-state index contributed by atoms with van der Waals surface area (Å²) in [6.07, 6.45) is 8.90. The lowest BCUT2D eigenvalue weighted by Crippen LogP contribution is -2.25. The zero-order valence-electron chi connectivity index (χ0n) is 15.1. The molecule has 0 radical (unpaired) electrons. The topological polar surface area (TPSA) is 79.4 Å². The number of amides is 1. The molecule has 1 aromatic carbocycles. The Morgan fingerprint density at radius 1 is 1.00 bits per heavy atom. The number of hydrogen-bond acceptors (Lipinski definition) is 4. The molecule has 27 heavy (non-hydrogen) atoms. The van der Waals surface area contributed by atoms with Crippen LogP contribution < -0.4 is 9.62 Å². The molecule has 1 saturated heterocycles. The van der Waals surface area contributed by atoms with Gasteiger partial charge in [-0.1, -0.05) is 6.07 Å². The van der Waals surface area contributed by atoms with Crippen LogP contribution in [0.4, 0.5) is 5.69 Å². The summed E-state index contributed by atoms with van der Waals surface area (Å²) in [5.74, 6) is 0.0867. The molecule has 1 N–H and O–H groups in total. The number of sulfonamides is 1. The molecular weight excluding hydrogens is 362 g/mol. The zero-order valence-corrected chi connectivity index (χ0v) is 16.0. The highest BCUT2D eigenvalue weighted by Crippen LogP contribution is 2.25. The summed E-state index contributed by atoms with van der Waals surface area (Å²) in [6.45, 7) is 0.826. The fraction of sp³-hybridized carbons (Fsp3) is 0.400. The average molecular weight is 385 g/mol. The minimum Gasteiger partial charge on any atom is -0.311 e. The Kier molecular flexibility index (Phi) is 4.97. The first-order valence-corrected chi connectivity index (χ1v) is 10.9. The number of fused-ring (bicyclic) bond motifs is 1. The average Bonchev–Trinajstić information content (AvgIpc) is 3.12. The highest BCUT2D eigenvalue weighted by atomic mass is 32.2. The molecule has 0 spiro atoms. The lowest BCUT2D eigenvalue weighted by atomic mass is 9.92. The van der Waals surface area contributed by atoms with Crippen LogP contribution in [-0.2, 0) is 34.2 Å². The molecule has 1 fully saturated rings. The number of benzene rings is 1. The molecule has 1 amide bonds. The van der Waals surface area contributed by atoms with E-state index in [1.807, 2.05) is 12.1 Å². The quantitative estimate of drug-likeness (QED) is 0.858. The third-order valence-corrected chi connectivity index (χ3v) is 6.66. The molecule has 0 atom stereocenters. The number of rotatable bonds is 5. The Morgan fingerprint density at radius 3 is 2.59 bits per heavy atom. The number of nitrogens with zero attached hydrogens (tertiary/aromatic N) is 2. The molecule has 1 aliphatic heterocycles. The number of hydrogen-bond donors (Lipinski definition) is 1. The molecule has 2 aliphatic rings. The van der Waals surface area contributed by atoms with E-state index in [0.717, 1.165) is 42.5 Å². The summed E-state index contributed by atoms with van der Waals surface area (Å²) in [7, 11) is -3.59. The second-order valence-electron chi connectivity index (χ2n) is 7.16. The first-order valence-electron chi connectivity index (χ1n) is 9.39. The summed E-state index contributed by atoms with van der Waals surface area (Å²) >= 11 is 0. The van der Waals surface area contributed by atoms with E-state index < -0.39 is 10.0 Å². The number of carbonyl (C=O) groups is 1. The second-order valence-corrected chi connectivity index (χ2v) is 8.93. The number of carbonyl (C=O) groups excluding carboxylic acids is 1. The van der Waals surface area contributed by atoms with E-state index in [0.29, 0.717) is 17.9 Å². The van der Waals surface area contributed by atoms with Crippen molar-refractivity contribution in [1.29, 1.82) is 0 Å². The number of anilines is 1. The Balaban J connectivity index is 1.48. The Bertz CT molecular complexity index is 972. The van der Waals surface area contributed by atoms with Crippen molar-refractivity contribution < 1.29 is 13.2 Å². The first kappa shape index (κ1) is 18.1. The number of aromatic nitrogens is 1. The molecule has 7 heteroatoms. The highest BCUT2D eigenvalue weighted by Gasteiger charge is 2.22. The third-order valence-electron chi connectivity index (χ3n) is 5.26. The smallest absolute Gasteiger partial charge is 0.240 e. The molecule has 142 valence electrons. The van der Waals surface area contributed by atoms with Gasteiger partial charge in [0, 0.05) is 25.7 Å². The van der Waals surface area contributed by atoms with Gasteiger partial charge in [0.1, 0.15) is 0 Å². The molecule has 6 nitrogen and oxygen atoms in total. The van der Waals surface area contributed by atoms with Gasteiger partial charge in [-0.25, -0.2) is 13.1 Å². The van der Waals surface area contributed by atoms with Crippen molar-refractivity contribution in [2.45, 2.75) is 50.0 Å². The van der Waals surface area contributed by atoms with Crippen molar-refractivity contribution in [2.24, 2.45) is 0 Å². The molecule has 1 aromatic heterocycles. The molecule has 0 bridgehead atoms. The van der Waals surface area contributed by atoms with Gasteiger partial charge in [0.2, 0.25) is 15.9 Å². The maximum absolute atomic E-state index is 12.7. The Morgan fingerprint density at radius 2 is 1.81 bits per heavy atom. The van der Waals surface area contributed by atoms with Crippen molar-refractivity contribution in [3.05, 3.63) is 53.3 Å². The molecular formula is C20H23N3O3S. The van der Waals surface area contributed by atoms with E-state index in [-0.39, 0.29) is 12.5 Å². The third kappa shape index (κ3) is 3.89. The van der Waals surface area contributed by atoms with Crippen molar-refractivity contribution in [3.8, 4) is 0 Å². The van der Waals surface area contributed by atoms with Gasteiger partial charge < -0.3 is 4.90 Å². The summed E-state index contributed by atoms with van der Waals surface area (Å²) in [5, 5.41) is 0. The molecule has 2 aromatic rings. The minimum absolute atomic E-state index is 0.0867. The molecule has 0 saturated carbocycles. The Hall–Kier alpha value is -2.25. The highest BCUT2D eigenvalue weighted by molar-refractivity contribution is 7.89. The van der Waals surface area contributed by atoms with E-state index in [9.17, 15) is 13.2 Å². The molecule has 2 heterocycles. The van der Waals surface area contributed by atoms with Crippen LogP contribution in [-0.4, -0.2) is 25.9 Å². The summed E-state index contributed by atoms with van der Waals surface area (Å²) in [6, 6.07) is 7.24. The summed E-state index contributed by atoms with van der Waals surface area (Å²) < 4.78 is 28.0. The largest absolute Gasteiger partial charge is 0.311 e. The van der Waals surface area contributed by atoms with E-state index in [2.05, 4.69) is 9.71 Å². The van der Waals surface area contributed by atoms with Crippen LogP contribution in [0.1, 0.15) is 42.4 Å². The van der Waals surface area contributed by atoms with Gasteiger partial charge in [0.25, 0.3) is 0 Å². The van der Waals surface area contributed by atoms with Gasteiger partial charge in [-0.15, -0.1) is 0 Å². The summed E-state index contributed by atoms with van der Waals surface area (Å²) in [5.41, 5.74) is 3.85. The van der Waals surface area contributed by atoms with Crippen LogP contribution in [0.5, 0.6) is 0 Å². The molecule has 1 aliphatic carbocycles. The number of aryl methyl sites for hydroxylation is 2. The van der Waals surface area contributed by atoms with Crippen LogP contribution in [0.3, 0.4) is 0 Å².